The topological polar surface area (TPSA) is 97.0 Å². The van der Waals surface area contributed by atoms with Gasteiger partial charge in [-0.2, -0.15) is 0 Å². The molecule has 7 nitrogen and oxygen atoms in total. The zero-order chi connectivity index (χ0) is 18.5. The Labute approximate surface area is 150 Å². The van der Waals surface area contributed by atoms with E-state index in [0.29, 0.717) is 22.9 Å². The Kier molecular flexibility index (Phi) is 5.07. The fraction of sp³-hybridized carbons (Fsp3) is 0.158. The summed E-state index contributed by atoms with van der Waals surface area (Å²) in [6.45, 7) is 3.81. The number of pyridine rings is 3. The van der Waals surface area contributed by atoms with Crippen molar-refractivity contribution in [3.8, 4) is 11.6 Å². The van der Waals surface area contributed by atoms with Crippen LogP contribution in [0, 0.1) is 13.8 Å². The maximum Gasteiger partial charge on any atom is 0.260 e. The van der Waals surface area contributed by atoms with E-state index in [-0.39, 0.29) is 12.1 Å². The van der Waals surface area contributed by atoms with Gasteiger partial charge in [0.2, 0.25) is 5.88 Å². The van der Waals surface area contributed by atoms with Crippen LogP contribution in [-0.2, 0) is 6.54 Å². The lowest BCUT2D eigenvalue weighted by Gasteiger charge is -2.10. The van der Waals surface area contributed by atoms with Gasteiger partial charge in [0.1, 0.15) is 11.3 Å². The van der Waals surface area contributed by atoms with E-state index >= 15 is 0 Å². The molecule has 3 aromatic heterocycles. The van der Waals surface area contributed by atoms with Crippen molar-refractivity contribution < 1.29 is 9.53 Å². The summed E-state index contributed by atoms with van der Waals surface area (Å²) in [7, 11) is 0. The zero-order valence-corrected chi connectivity index (χ0v) is 14.4. The first-order valence-corrected chi connectivity index (χ1v) is 8.05. The molecule has 3 heterocycles. The smallest absolute Gasteiger partial charge is 0.260 e. The lowest BCUT2D eigenvalue weighted by atomic mass is 10.2. The van der Waals surface area contributed by atoms with Crippen molar-refractivity contribution in [2.75, 3.05) is 0 Å². The maximum atomic E-state index is 12.3. The zero-order valence-electron chi connectivity index (χ0n) is 14.4. The van der Waals surface area contributed by atoms with Crippen LogP contribution in [0.25, 0.3) is 0 Å². The van der Waals surface area contributed by atoms with E-state index in [0.717, 1.165) is 5.69 Å². The molecule has 2 N–H and O–H groups in total. The van der Waals surface area contributed by atoms with Crippen molar-refractivity contribution in [1.82, 2.24) is 20.3 Å². The van der Waals surface area contributed by atoms with E-state index in [4.69, 9.17) is 4.74 Å². The lowest BCUT2D eigenvalue weighted by molar-refractivity contribution is 0.0949. The van der Waals surface area contributed by atoms with Gasteiger partial charge in [0, 0.05) is 29.7 Å². The maximum absolute atomic E-state index is 12.3. The second kappa shape index (κ2) is 7.60. The summed E-state index contributed by atoms with van der Waals surface area (Å²) in [5, 5.41) is 2.72. The minimum atomic E-state index is -0.460. The quantitative estimate of drug-likeness (QED) is 0.737. The predicted octanol–water partition coefficient (Wildman–Crippen LogP) is 2.50. The van der Waals surface area contributed by atoms with Crippen LogP contribution in [0.1, 0.15) is 27.3 Å². The van der Waals surface area contributed by atoms with Crippen molar-refractivity contribution >= 4 is 5.91 Å². The van der Waals surface area contributed by atoms with Crippen molar-refractivity contribution in [3.63, 3.8) is 0 Å². The first kappa shape index (κ1) is 17.3. The van der Waals surface area contributed by atoms with Crippen molar-refractivity contribution in [2.24, 2.45) is 0 Å². The average Bonchev–Trinajstić information content (AvgIpc) is 2.62. The molecule has 3 rings (SSSR count). The van der Waals surface area contributed by atoms with Gasteiger partial charge in [0.15, 0.2) is 0 Å². The van der Waals surface area contributed by atoms with E-state index in [1.807, 2.05) is 13.0 Å². The van der Waals surface area contributed by atoms with E-state index < -0.39 is 11.5 Å². The molecule has 0 radical (unpaired) electrons. The molecule has 0 aliphatic heterocycles. The molecule has 0 bridgehead atoms. The first-order chi connectivity index (χ1) is 12.5. The van der Waals surface area contributed by atoms with Crippen LogP contribution in [0.2, 0.25) is 0 Å². The molecule has 0 saturated heterocycles. The summed E-state index contributed by atoms with van der Waals surface area (Å²) in [4.78, 5) is 35.1. The summed E-state index contributed by atoms with van der Waals surface area (Å²) < 4.78 is 5.75. The van der Waals surface area contributed by atoms with Gasteiger partial charge in [0.05, 0.1) is 6.20 Å². The molecule has 0 aliphatic rings. The lowest BCUT2D eigenvalue weighted by Crippen LogP contribution is -2.29. The van der Waals surface area contributed by atoms with Gasteiger partial charge in [-0.15, -0.1) is 0 Å². The molecule has 7 heteroatoms. The normalized spacial score (nSPS) is 10.4. The van der Waals surface area contributed by atoms with Crippen LogP contribution in [0.15, 0.2) is 53.6 Å². The summed E-state index contributed by atoms with van der Waals surface area (Å²) in [5.74, 6) is 0.464. The molecule has 0 saturated carbocycles. The SMILES string of the molecule is Cc1ccc(Oc2ncccc2CNC(=O)c2ccc(C)[nH]c2=O)cn1. The summed E-state index contributed by atoms with van der Waals surface area (Å²) in [6, 6.07) is 10.4. The van der Waals surface area contributed by atoms with Crippen LogP contribution in [0.5, 0.6) is 11.6 Å². The summed E-state index contributed by atoms with van der Waals surface area (Å²) >= 11 is 0. The van der Waals surface area contributed by atoms with E-state index in [1.54, 1.807) is 43.6 Å². The molecule has 0 aromatic carbocycles. The monoisotopic (exact) mass is 350 g/mol. The molecule has 26 heavy (non-hydrogen) atoms. The van der Waals surface area contributed by atoms with E-state index in [2.05, 4.69) is 20.3 Å². The fourth-order valence-corrected chi connectivity index (χ4v) is 2.30. The van der Waals surface area contributed by atoms with Gasteiger partial charge >= 0.3 is 0 Å². The number of hydrogen-bond donors (Lipinski definition) is 2. The van der Waals surface area contributed by atoms with Crippen molar-refractivity contribution in [3.05, 3.63) is 81.7 Å². The Hall–Kier alpha value is -3.48. The minimum Gasteiger partial charge on any atom is -0.437 e. The number of carbonyl (C=O) groups is 1. The Morgan fingerprint density at radius 3 is 2.73 bits per heavy atom. The van der Waals surface area contributed by atoms with Crippen LogP contribution >= 0.6 is 0 Å². The average molecular weight is 350 g/mol. The molecule has 0 unspecified atom stereocenters. The summed E-state index contributed by atoms with van der Waals surface area (Å²) in [5.41, 5.74) is 1.90. The Morgan fingerprint density at radius 1 is 1.15 bits per heavy atom. The number of aromatic amines is 1. The number of carbonyl (C=O) groups excluding carboxylic acids is 1. The molecule has 0 spiro atoms. The number of H-pyrrole nitrogens is 1. The van der Waals surface area contributed by atoms with Gasteiger partial charge in [0.25, 0.3) is 11.5 Å². The highest BCUT2D eigenvalue weighted by Gasteiger charge is 2.12. The minimum absolute atomic E-state index is 0.0599. The molecule has 3 aromatic rings. The highest BCUT2D eigenvalue weighted by molar-refractivity contribution is 5.93. The number of nitrogens with zero attached hydrogens (tertiary/aromatic N) is 2. The molecule has 132 valence electrons. The van der Waals surface area contributed by atoms with Crippen LogP contribution < -0.4 is 15.6 Å². The van der Waals surface area contributed by atoms with Gasteiger partial charge in [-0.25, -0.2) is 4.98 Å². The van der Waals surface area contributed by atoms with Gasteiger partial charge in [-0.3, -0.25) is 14.6 Å². The third-order valence-electron chi connectivity index (χ3n) is 3.69. The Balaban J connectivity index is 1.73. The summed E-state index contributed by atoms with van der Waals surface area (Å²) in [6.07, 6.45) is 3.21. The van der Waals surface area contributed by atoms with Gasteiger partial charge in [-0.1, -0.05) is 6.07 Å². The Bertz CT molecular complexity index is 981. The highest BCUT2D eigenvalue weighted by atomic mass is 16.5. The molecule has 1 amide bonds. The second-order valence-electron chi connectivity index (χ2n) is 5.77. The second-order valence-corrected chi connectivity index (χ2v) is 5.77. The number of ether oxygens (including phenoxy) is 1. The number of hydrogen-bond acceptors (Lipinski definition) is 5. The highest BCUT2D eigenvalue weighted by Crippen LogP contribution is 2.22. The van der Waals surface area contributed by atoms with Crippen LogP contribution in [0.3, 0.4) is 0 Å². The van der Waals surface area contributed by atoms with E-state index in [1.165, 1.54) is 6.07 Å². The van der Waals surface area contributed by atoms with Gasteiger partial charge in [-0.05, 0) is 44.2 Å². The molecule has 0 fully saturated rings. The standard InChI is InChI=1S/C19H18N4O3/c1-12-5-7-15(11-21-12)26-19-14(4-3-9-20-19)10-22-17(24)16-8-6-13(2)23-18(16)25/h3-9,11H,10H2,1-2H3,(H,22,24)(H,23,25). The van der Waals surface area contributed by atoms with Crippen molar-refractivity contribution in [2.45, 2.75) is 20.4 Å². The Morgan fingerprint density at radius 2 is 2.00 bits per heavy atom. The number of aryl methyl sites for hydroxylation is 2. The predicted molar refractivity (Wildman–Crippen MR) is 96.3 cm³/mol. The third kappa shape index (κ3) is 4.13. The van der Waals surface area contributed by atoms with Gasteiger partial charge < -0.3 is 15.0 Å². The third-order valence-corrected chi connectivity index (χ3v) is 3.69. The molecule has 0 atom stereocenters. The molecule has 0 aliphatic carbocycles. The number of rotatable bonds is 5. The van der Waals surface area contributed by atoms with Crippen molar-refractivity contribution in [1.29, 1.82) is 0 Å². The number of aromatic nitrogens is 3. The fourth-order valence-electron chi connectivity index (χ4n) is 2.30. The van der Waals surface area contributed by atoms with E-state index in [9.17, 15) is 9.59 Å². The largest absolute Gasteiger partial charge is 0.437 e. The number of nitrogens with one attached hydrogen (secondary N) is 2. The number of amides is 1. The molecular formula is C19H18N4O3. The van der Waals surface area contributed by atoms with Crippen LogP contribution in [-0.4, -0.2) is 20.9 Å². The molecular weight excluding hydrogens is 332 g/mol. The first-order valence-electron chi connectivity index (χ1n) is 8.05. The van der Waals surface area contributed by atoms with Crippen LogP contribution in [0.4, 0.5) is 0 Å².